The van der Waals surface area contributed by atoms with Crippen molar-refractivity contribution in [3.05, 3.63) is 81.9 Å². The lowest BCUT2D eigenvalue weighted by Crippen LogP contribution is -2.35. The first-order valence-corrected chi connectivity index (χ1v) is 8.28. The topological polar surface area (TPSA) is 98.5 Å². The molecular formula is C20H20N2O5. The minimum Gasteiger partial charge on any atom is -0.469 e. The van der Waals surface area contributed by atoms with E-state index in [4.69, 9.17) is 4.74 Å². The number of hydrogen-bond donors (Lipinski definition) is 1. The Labute approximate surface area is 156 Å². The first-order valence-electron chi connectivity index (χ1n) is 8.28. The molecule has 2 aromatic carbocycles. The van der Waals surface area contributed by atoms with Gasteiger partial charge in [-0.05, 0) is 24.1 Å². The second-order valence-electron chi connectivity index (χ2n) is 5.89. The molecule has 1 amide bonds. The number of carbonyl (C=O) groups excluding carboxylic acids is 2. The molecule has 0 saturated heterocycles. The van der Waals surface area contributed by atoms with Gasteiger partial charge in [0.1, 0.15) is 0 Å². The molecule has 2 atom stereocenters. The lowest BCUT2D eigenvalue weighted by Gasteiger charge is -2.23. The van der Waals surface area contributed by atoms with Crippen LogP contribution < -0.4 is 5.32 Å². The quantitative estimate of drug-likeness (QED) is 0.350. The normalized spacial score (nSPS) is 13.0. The van der Waals surface area contributed by atoms with Crippen molar-refractivity contribution in [3.8, 4) is 0 Å². The van der Waals surface area contributed by atoms with Gasteiger partial charge in [0.25, 0.3) is 5.69 Å². The van der Waals surface area contributed by atoms with E-state index in [2.05, 4.69) is 5.32 Å². The zero-order valence-electron chi connectivity index (χ0n) is 15.0. The van der Waals surface area contributed by atoms with Gasteiger partial charge < -0.3 is 10.1 Å². The summed E-state index contributed by atoms with van der Waals surface area (Å²) in [6.45, 7) is 1.67. The molecule has 0 heterocycles. The van der Waals surface area contributed by atoms with Gasteiger partial charge in [0.05, 0.1) is 24.0 Å². The molecule has 0 bridgehead atoms. The van der Waals surface area contributed by atoms with E-state index in [9.17, 15) is 19.7 Å². The molecule has 0 saturated carbocycles. The van der Waals surface area contributed by atoms with Crippen LogP contribution in [0.15, 0.2) is 60.7 Å². The van der Waals surface area contributed by atoms with Gasteiger partial charge >= 0.3 is 5.97 Å². The van der Waals surface area contributed by atoms with Crippen LogP contribution in [-0.2, 0) is 14.3 Å². The van der Waals surface area contributed by atoms with E-state index in [0.717, 1.165) is 5.56 Å². The third-order valence-electron chi connectivity index (χ3n) is 4.04. The van der Waals surface area contributed by atoms with Crippen LogP contribution in [0.5, 0.6) is 0 Å². The molecule has 0 spiro atoms. The fraction of sp³-hybridized carbons (Fsp3) is 0.200. The largest absolute Gasteiger partial charge is 0.469 e. The molecule has 0 aliphatic carbocycles. The van der Waals surface area contributed by atoms with Gasteiger partial charge in [-0.2, -0.15) is 0 Å². The highest BCUT2D eigenvalue weighted by Gasteiger charge is 2.27. The van der Waals surface area contributed by atoms with E-state index in [1.54, 1.807) is 19.1 Å². The highest BCUT2D eigenvalue weighted by Crippen LogP contribution is 2.23. The zero-order chi connectivity index (χ0) is 19.8. The number of ether oxygens (including phenoxy) is 1. The maximum atomic E-state index is 12.4. The van der Waals surface area contributed by atoms with Gasteiger partial charge in [0.15, 0.2) is 0 Å². The van der Waals surface area contributed by atoms with E-state index in [1.165, 1.54) is 31.4 Å². The maximum Gasteiger partial charge on any atom is 0.310 e. The SMILES string of the molecule is COC(=O)[C@H](C)[C@H](NC(=O)/C=C/c1cccc([N+](=O)[O-])c1)c1ccccc1. The lowest BCUT2D eigenvalue weighted by molar-refractivity contribution is -0.384. The van der Waals surface area contributed by atoms with Gasteiger partial charge in [0.2, 0.25) is 5.91 Å². The van der Waals surface area contributed by atoms with Crippen molar-refractivity contribution in [3.63, 3.8) is 0 Å². The fourth-order valence-corrected chi connectivity index (χ4v) is 2.59. The monoisotopic (exact) mass is 368 g/mol. The predicted molar refractivity (Wildman–Crippen MR) is 101 cm³/mol. The fourth-order valence-electron chi connectivity index (χ4n) is 2.59. The summed E-state index contributed by atoms with van der Waals surface area (Å²) >= 11 is 0. The first kappa shape index (κ1) is 19.8. The average Bonchev–Trinajstić information content (AvgIpc) is 2.70. The summed E-state index contributed by atoms with van der Waals surface area (Å²) in [5.41, 5.74) is 1.24. The number of nitro groups is 1. The van der Waals surface area contributed by atoms with Crippen LogP contribution in [0.25, 0.3) is 6.08 Å². The molecule has 0 aromatic heterocycles. The van der Waals surface area contributed by atoms with E-state index >= 15 is 0 Å². The molecular weight excluding hydrogens is 348 g/mol. The molecule has 0 radical (unpaired) electrons. The Balaban J connectivity index is 2.17. The molecule has 0 fully saturated rings. The summed E-state index contributed by atoms with van der Waals surface area (Å²) < 4.78 is 4.79. The molecule has 1 N–H and O–H groups in total. The van der Waals surface area contributed by atoms with Crippen LogP contribution in [0.2, 0.25) is 0 Å². The van der Waals surface area contributed by atoms with E-state index in [1.807, 2.05) is 30.3 Å². The van der Waals surface area contributed by atoms with Crippen LogP contribution in [0.4, 0.5) is 5.69 Å². The molecule has 2 aromatic rings. The Hall–Kier alpha value is -3.48. The van der Waals surface area contributed by atoms with Crippen molar-refractivity contribution >= 4 is 23.6 Å². The van der Waals surface area contributed by atoms with Crippen LogP contribution in [0.1, 0.15) is 24.1 Å². The molecule has 2 rings (SSSR count). The number of rotatable bonds is 7. The van der Waals surface area contributed by atoms with E-state index in [0.29, 0.717) is 5.56 Å². The van der Waals surface area contributed by atoms with Crippen molar-refractivity contribution < 1.29 is 19.2 Å². The minimum absolute atomic E-state index is 0.0565. The zero-order valence-corrected chi connectivity index (χ0v) is 15.0. The molecule has 7 nitrogen and oxygen atoms in total. The number of benzene rings is 2. The third-order valence-corrected chi connectivity index (χ3v) is 4.04. The standard InChI is InChI=1S/C20H20N2O5/c1-14(20(24)27-2)19(16-8-4-3-5-9-16)21-18(23)12-11-15-7-6-10-17(13-15)22(25)26/h3-14,19H,1-2H3,(H,21,23)/b12-11+/t14-,19+/m1/s1. The predicted octanol–water partition coefficient (Wildman–Crippen LogP) is 3.27. The Bertz CT molecular complexity index is 848. The van der Waals surface area contributed by atoms with Crippen LogP contribution in [0, 0.1) is 16.0 Å². The summed E-state index contributed by atoms with van der Waals surface area (Å²) in [5, 5.41) is 13.6. The molecule has 140 valence electrons. The Morgan fingerprint density at radius 2 is 1.85 bits per heavy atom. The number of nitrogens with one attached hydrogen (secondary N) is 1. The van der Waals surface area contributed by atoms with E-state index < -0.39 is 28.8 Å². The van der Waals surface area contributed by atoms with Crippen molar-refractivity contribution in [2.75, 3.05) is 7.11 Å². The first-order chi connectivity index (χ1) is 12.9. The Morgan fingerprint density at radius 3 is 2.48 bits per heavy atom. The highest BCUT2D eigenvalue weighted by atomic mass is 16.6. The number of nitrogens with zero attached hydrogens (tertiary/aromatic N) is 1. The molecule has 0 unspecified atom stereocenters. The van der Waals surface area contributed by atoms with Crippen molar-refractivity contribution in [2.45, 2.75) is 13.0 Å². The summed E-state index contributed by atoms with van der Waals surface area (Å²) in [7, 11) is 1.30. The van der Waals surface area contributed by atoms with Crippen LogP contribution >= 0.6 is 0 Å². The number of esters is 1. The Kier molecular flexibility index (Phi) is 6.82. The number of non-ortho nitro benzene ring substituents is 1. The van der Waals surface area contributed by atoms with Gasteiger partial charge in [0, 0.05) is 18.2 Å². The van der Waals surface area contributed by atoms with Gasteiger partial charge in [-0.1, -0.05) is 42.5 Å². The smallest absolute Gasteiger partial charge is 0.310 e. The van der Waals surface area contributed by atoms with Gasteiger partial charge in [-0.25, -0.2) is 0 Å². The number of carbonyl (C=O) groups is 2. The second-order valence-corrected chi connectivity index (χ2v) is 5.89. The van der Waals surface area contributed by atoms with Crippen LogP contribution in [-0.4, -0.2) is 23.9 Å². The third kappa shape index (κ3) is 5.50. The molecule has 0 aliphatic heterocycles. The molecule has 27 heavy (non-hydrogen) atoms. The molecule has 0 aliphatic rings. The van der Waals surface area contributed by atoms with E-state index in [-0.39, 0.29) is 5.69 Å². The average molecular weight is 368 g/mol. The number of hydrogen-bond acceptors (Lipinski definition) is 5. The maximum absolute atomic E-state index is 12.4. The number of amides is 1. The molecule has 7 heteroatoms. The van der Waals surface area contributed by atoms with Crippen molar-refractivity contribution in [2.24, 2.45) is 5.92 Å². The van der Waals surface area contributed by atoms with Crippen molar-refractivity contribution in [1.29, 1.82) is 0 Å². The van der Waals surface area contributed by atoms with Gasteiger partial charge in [-0.15, -0.1) is 0 Å². The number of nitro benzene ring substituents is 1. The van der Waals surface area contributed by atoms with Crippen molar-refractivity contribution in [1.82, 2.24) is 5.32 Å². The number of methoxy groups -OCH3 is 1. The summed E-state index contributed by atoms with van der Waals surface area (Å²) in [6, 6.07) is 14.5. The van der Waals surface area contributed by atoms with Crippen LogP contribution in [0.3, 0.4) is 0 Å². The summed E-state index contributed by atoms with van der Waals surface area (Å²) in [4.78, 5) is 34.6. The Morgan fingerprint density at radius 1 is 1.15 bits per heavy atom. The summed E-state index contributed by atoms with van der Waals surface area (Å²) in [6.07, 6.45) is 2.76. The second kappa shape index (κ2) is 9.28. The minimum atomic E-state index is -0.590. The lowest BCUT2D eigenvalue weighted by atomic mass is 9.94. The van der Waals surface area contributed by atoms with Gasteiger partial charge in [-0.3, -0.25) is 19.7 Å². The summed E-state index contributed by atoms with van der Waals surface area (Å²) in [5.74, 6) is -1.45. The highest BCUT2D eigenvalue weighted by molar-refractivity contribution is 5.92.